The molecule has 0 aliphatic carbocycles. The molecule has 0 radical (unpaired) electrons. The van der Waals surface area contributed by atoms with Gasteiger partial charge in [-0.25, -0.2) is 0 Å². The van der Waals surface area contributed by atoms with E-state index in [1.54, 1.807) is 12.1 Å². The number of sulfonamides is 1. The lowest BCUT2D eigenvalue weighted by Gasteiger charge is -2.09. The van der Waals surface area contributed by atoms with Gasteiger partial charge in [0.1, 0.15) is 11.8 Å². The van der Waals surface area contributed by atoms with E-state index in [4.69, 9.17) is 21.6 Å². The Labute approximate surface area is 126 Å². The van der Waals surface area contributed by atoms with Crippen molar-refractivity contribution < 1.29 is 13.2 Å². The van der Waals surface area contributed by atoms with Crippen LogP contribution in [0.15, 0.2) is 35.5 Å². The van der Waals surface area contributed by atoms with Gasteiger partial charge >= 0.3 is 0 Å². The molecule has 0 fully saturated rings. The Kier molecular flexibility index (Phi) is 4.35. The third-order valence-corrected chi connectivity index (χ3v) is 4.39. The number of hydrogen-bond acceptors (Lipinski definition) is 5. The van der Waals surface area contributed by atoms with Gasteiger partial charge in [-0.15, -0.1) is 0 Å². The summed E-state index contributed by atoms with van der Waals surface area (Å²) in [7, 11) is -2.35. The van der Waals surface area contributed by atoms with Crippen molar-refractivity contribution >= 4 is 27.3 Å². The van der Waals surface area contributed by atoms with E-state index in [9.17, 15) is 8.42 Å². The lowest BCUT2D eigenvalue weighted by atomic mass is 10.3. The second-order valence-corrected chi connectivity index (χ2v) is 6.00. The Hall–Kier alpha value is -2.24. The molecule has 0 bridgehead atoms. The minimum Gasteiger partial charge on any atom is -0.479 e. The number of nitrogens with one attached hydrogen (secondary N) is 1. The van der Waals surface area contributed by atoms with Crippen molar-refractivity contribution in [2.75, 3.05) is 11.3 Å². The summed E-state index contributed by atoms with van der Waals surface area (Å²) in [6.45, 7) is -0.0737. The largest absolute Gasteiger partial charge is 0.479 e. The van der Waals surface area contributed by atoms with E-state index in [1.165, 1.54) is 30.1 Å². The van der Waals surface area contributed by atoms with Crippen LogP contribution in [0.5, 0.6) is 5.75 Å². The molecule has 2 rings (SSSR count). The fourth-order valence-corrected chi connectivity index (χ4v) is 3.36. The van der Waals surface area contributed by atoms with Gasteiger partial charge in [0.05, 0.1) is 11.2 Å². The zero-order valence-corrected chi connectivity index (χ0v) is 12.5. The standard InChI is InChI=1S/C12H11ClN4O3S/c1-17-12(11(13)8-15-17)21(18,19)16-9-2-4-10(5-3-9)20-7-6-14/h2-5,8,16H,7H2,1H3. The van der Waals surface area contributed by atoms with Crippen molar-refractivity contribution in [1.29, 1.82) is 5.26 Å². The molecule has 1 aromatic heterocycles. The molecule has 0 saturated carbocycles. The second kappa shape index (κ2) is 6.03. The summed E-state index contributed by atoms with van der Waals surface area (Å²) in [4.78, 5) is 0. The van der Waals surface area contributed by atoms with Crippen molar-refractivity contribution in [2.24, 2.45) is 7.05 Å². The molecule has 110 valence electrons. The van der Waals surface area contributed by atoms with E-state index in [2.05, 4.69) is 9.82 Å². The number of aryl methyl sites for hydroxylation is 1. The number of anilines is 1. The molecule has 2 aromatic rings. The van der Waals surface area contributed by atoms with E-state index in [0.717, 1.165) is 0 Å². The molecule has 1 heterocycles. The number of nitrogens with zero attached hydrogens (tertiary/aromatic N) is 3. The lowest BCUT2D eigenvalue weighted by Crippen LogP contribution is -2.17. The SMILES string of the molecule is Cn1ncc(Cl)c1S(=O)(=O)Nc1ccc(OCC#N)cc1. The third kappa shape index (κ3) is 3.45. The lowest BCUT2D eigenvalue weighted by molar-refractivity contribution is 0.368. The van der Waals surface area contributed by atoms with Crippen LogP contribution in [0, 0.1) is 11.3 Å². The van der Waals surface area contributed by atoms with Gasteiger partial charge in [-0.3, -0.25) is 9.40 Å². The number of benzene rings is 1. The van der Waals surface area contributed by atoms with Gasteiger partial charge in [0.2, 0.25) is 0 Å². The molecule has 1 N–H and O–H groups in total. The van der Waals surface area contributed by atoms with Gasteiger partial charge in [-0.05, 0) is 24.3 Å². The molecule has 0 unspecified atom stereocenters. The smallest absolute Gasteiger partial charge is 0.280 e. The number of rotatable bonds is 5. The predicted octanol–water partition coefficient (Wildman–Crippen LogP) is 1.78. The number of aromatic nitrogens is 2. The zero-order chi connectivity index (χ0) is 15.5. The average Bonchev–Trinajstić information content (AvgIpc) is 2.77. The first kappa shape index (κ1) is 15.2. The molecule has 0 atom stereocenters. The van der Waals surface area contributed by atoms with Crippen LogP contribution in [0.25, 0.3) is 0 Å². The monoisotopic (exact) mass is 326 g/mol. The number of hydrogen-bond donors (Lipinski definition) is 1. The molecule has 0 aliphatic heterocycles. The quantitative estimate of drug-likeness (QED) is 0.903. The molecule has 9 heteroatoms. The van der Waals surface area contributed by atoms with E-state index in [0.29, 0.717) is 11.4 Å². The first-order valence-corrected chi connectivity index (χ1v) is 7.60. The Morgan fingerprint density at radius 2 is 2.10 bits per heavy atom. The van der Waals surface area contributed by atoms with E-state index in [-0.39, 0.29) is 16.7 Å². The minimum atomic E-state index is -3.84. The maximum Gasteiger partial charge on any atom is 0.280 e. The minimum absolute atomic E-state index is 0.0407. The Balaban J connectivity index is 2.20. The summed E-state index contributed by atoms with van der Waals surface area (Å²) in [5.41, 5.74) is 0.344. The molecular formula is C12H11ClN4O3S. The number of halogens is 1. The molecule has 1 aromatic carbocycles. The number of nitriles is 1. The normalized spacial score (nSPS) is 10.9. The highest BCUT2D eigenvalue weighted by Gasteiger charge is 2.22. The Bertz CT molecular complexity index is 758. The molecule has 0 amide bonds. The van der Waals surface area contributed by atoms with Crippen LogP contribution in [0.3, 0.4) is 0 Å². The van der Waals surface area contributed by atoms with Crippen molar-refractivity contribution in [2.45, 2.75) is 5.03 Å². The molecular weight excluding hydrogens is 316 g/mol. The Morgan fingerprint density at radius 3 is 2.62 bits per heavy atom. The maximum atomic E-state index is 12.2. The van der Waals surface area contributed by atoms with Crippen LogP contribution in [0.2, 0.25) is 5.02 Å². The first-order chi connectivity index (χ1) is 9.94. The van der Waals surface area contributed by atoms with E-state index >= 15 is 0 Å². The molecule has 0 spiro atoms. The molecule has 0 saturated heterocycles. The van der Waals surface area contributed by atoms with Crippen LogP contribution < -0.4 is 9.46 Å². The summed E-state index contributed by atoms with van der Waals surface area (Å²) >= 11 is 5.83. The maximum absolute atomic E-state index is 12.2. The molecule has 7 nitrogen and oxygen atoms in total. The summed E-state index contributed by atoms with van der Waals surface area (Å²) in [6.07, 6.45) is 1.26. The van der Waals surface area contributed by atoms with Crippen molar-refractivity contribution in [3.05, 3.63) is 35.5 Å². The predicted molar refractivity (Wildman–Crippen MR) is 76.6 cm³/mol. The highest BCUT2D eigenvalue weighted by Crippen LogP contribution is 2.23. The van der Waals surface area contributed by atoms with Gasteiger partial charge in [0.25, 0.3) is 10.0 Å². The van der Waals surface area contributed by atoms with Crippen molar-refractivity contribution in [3.63, 3.8) is 0 Å². The average molecular weight is 327 g/mol. The van der Waals surface area contributed by atoms with Crippen LogP contribution in [0.4, 0.5) is 5.69 Å². The van der Waals surface area contributed by atoms with Crippen LogP contribution >= 0.6 is 11.6 Å². The highest BCUT2D eigenvalue weighted by molar-refractivity contribution is 7.92. The van der Waals surface area contributed by atoms with Crippen molar-refractivity contribution in [3.8, 4) is 11.8 Å². The summed E-state index contributed by atoms with van der Waals surface area (Å²) in [5, 5.41) is 12.1. The van der Waals surface area contributed by atoms with Gasteiger partial charge < -0.3 is 4.74 Å². The zero-order valence-electron chi connectivity index (χ0n) is 10.9. The van der Waals surface area contributed by atoms with Gasteiger partial charge in [0, 0.05) is 12.7 Å². The highest BCUT2D eigenvalue weighted by atomic mass is 35.5. The van der Waals surface area contributed by atoms with E-state index in [1.807, 2.05) is 6.07 Å². The second-order valence-electron chi connectivity index (χ2n) is 4.00. The topological polar surface area (TPSA) is 97.0 Å². The number of ether oxygens (including phenoxy) is 1. The summed E-state index contributed by atoms with van der Waals surface area (Å²) in [5.74, 6) is 0.470. The fourth-order valence-electron chi connectivity index (χ4n) is 1.64. The summed E-state index contributed by atoms with van der Waals surface area (Å²) < 4.78 is 33.1. The van der Waals surface area contributed by atoms with Crippen LogP contribution in [-0.4, -0.2) is 24.8 Å². The van der Waals surface area contributed by atoms with Gasteiger partial charge in [-0.2, -0.15) is 18.8 Å². The van der Waals surface area contributed by atoms with Crippen LogP contribution in [0.1, 0.15) is 0 Å². The first-order valence-electron chi connectivity index (χ1n) is 5.74. The van der Waals surface area contributed by atoms with Gasteiger partial charge in [0.15, 0.2) is 11.6 Å². The molecule has 0 aliphatic rings. The van der Waals surface area contributed by atoms with Crippen LogP contribution in [-0.2, 0) is 17.1 Å². The third-order valence-electron chi connectivity index (χ3n) is 2.51. The Morgan fingerprint density at radius 1 is 1.43 bits per heavy atom. The van der Waals surface area contributed by atoms with E-state index < -0.39 is 10.0 Å². The summed E-state index contributed by atoms with van der Waals surface area (Å²) in [6, 6.07) is 8.00. The van der Waals surface area contributed by atoms with Gasteiger partial charge in [-0.1, -0.05) is 11.6 Å². The van der Waals surface area contributed by atoms with Crippen molar-refractivity contribution in [1.82, 2.24) is 9.78 Å². The fraction of sp³-hybridized carbons (Fsp3) is 0.167. The molecule has 21 heavy (non-hydrogen) atoms.